The van der Waals surface area contributed by atoms with Crippen molar-refractivity contribution < 1.29 is 17.7 Å². The Labute approximate surface area is 121 Å². The molecule has 0 radical (unpaired) electrons. The average molecular weight is 350 g/mol. The summed E-state index contributed by atoms with van der Waals surface area (Å²) in [6.45, 7) is 2.55. The molecule has 0 amide bonds. The summed E-state index contributed by atoms with van der Waals surface area (Å²) in [6.07, 6.45) is -3.65. The van der Waals surface area contributed by atoms with Crippen LogP contribution in [0.1, 0.15) is 18.9 Å². The first kappa shape index (κ1) is 14.8. The van der Waals surface area contributed by atoms with Crippen LogP contribution in [0.15, 0.2) is 27.2 Å². The van der Waals surface area contributed by atoms with E-state index in [4.69, 9.17) is 4.52 Å². The highest BCUT2D eigenvalue weighted by molar-refractivity contribution is 9.10. The van der Waals surface area contributed by atoms with E-state index in [1.54, 1.807) is 0 Å². The van der Waals surface area contributed by atoms with Gasteiger partial charge < -0.3 is 9.84 Å². The molecule has 0 atom stereocenters. The van der Waals surface area contributed by atoms with Gasteiger partial charge in [0.2, 0.25) is 5.82 Å². The van der Waals surface area contributed by atoms with Gasteiger partial charge in [0, 0.05) is 16.6 Å². The van der Waals surface area contributed by atoms with Crippen molar-refractivity contribution in [1.29, 1.82) is 0 Å². The smallest absolute Gasteiger partial charge is 0.338 e. The molecular weight excluding hydrogens is 339 g/mol. The topological polar surface area (TPSA) is 51.0 Å². The number of alkyl halides is 3. The number of anilines is 1. The Bertz CT molecular complexity index is 598. The molecule has 0 unspecified atom stereocenters. The number of hydrogen-bond donors (Lipinski definition) is 1. The van der Waals surface area contributed by atoms with Crippen LogP contribution in [0, 0.1) is 0 Å². The van der Waals surface area contributed by atoms with Crippen LogP contribution in [0.5, 0.6) is 0 Å². The van der Waals surface area contributed by atoms with Gasteiger partial charge in [-0.05, 0) is 24.6 Å². The van der Waals surface area contributed by atoms with E-state index in [1.807, 2.05) is 6.92 Å². The van der Waals surface area contributed by atoms with Crippen molar-refractivity contribution in [3.05, 3.63) is 28.2 Å². The van der Waals surface area contributed by atoms with Crippen molar-refractivity contribution in [2.24, 2.45) is 0 Å². The zero-order valence-corrected chi connectivity index (χ0v) is 12.0. The third-order valence-electron chi connectivity index (χ3n) is 2.48. The number of rotatable bonds is 4. The molecule has 0 fully saturated rings. The summed E-state index contributed by atoms with van der Waals surface area (Å²) in [4.78, 5) is 3.92. The predicted molar refractivity (Wildman–Crippen MR) is 71.2 cm³/mol. The van der Waals surface area contributed by atoms with E-state index in [1.165, 1.54) is 12.1 Å². The van der Waals surface area contributed by atoms with E-state index in [2.05, 4.69) is 31.4 Å². The summed E-state index contributed by atoms with van der Waals surface area (Å²) in [7, 11) is 0. The largest absolute Gasteiger partial charge is 0.417 e. The molecule has 2 aromatic rings. The Hall–Kier alpha value is -1.57. The van der Waals surface area contributed by atoms with Gasteiger partial charge in [0.05, 0.1) is 5.56 Å². The van der Waals surface area contributed by atoms with Crippen LogP contribution >= 0.6 is 15.9 Å². The summed E-state index contributed by atoms with van der Waals surface area (Å²) in [5, 5.41) is 6.40. The SMILES string of the molecule is CCCNc1nc(-c2ccc(Br)cc2C(F)(F)F)no1. The van der Waals surface area contributed by atoms with Gasteiger partial charge in [-0.1, -0.05) is 28.0 Å². The van der Waals surface area contributed by atoms with Gasteiger partial charge in [-0.15, -0.1) is 0 Å². The van der Waals surface area contributed by atoms with Gasteiger partial charge in [-0.3, -0.25) is 0 Å². The Morgan fingerprint density at radius 1 is 1.35 bits per heavy atom. The molecule has 2 rings (SSSR count). The molecule has 0 bridgehead atoms. The minimum absolute atomic E-state index is 0.0940. The van der Waals surface area contributed by atoms with E-state index >= 15 is 0 Å². The number of nitrogens with one attached hydrogen (secondary N) is 1. The maximum atomic E-state index is 13.0. The minimum atomic E-state index is -4.49. The molecule has 1 heterocycles. The fourth-order valence-corrected chi connectivity index (χ4v) is 1.94. The Morgan fingerprint density at radius 2 is 2.10 bits per heavy atom. The second kappa shape index (κ2) is 5.82. The molecular formula is C12H11BrF3N3O. The highest BCUT2D eigenvalue weighted by Gasteiger charge is 2.35. The van der Waals surface area contributed by atoms with Crippen LogP contribution in [-0.4, -0.2) is 16.7 Å². The maximum Gasteiger partial charge on any atom is 0.417 e. The maximum absolute atomic E-state index is 13.0. The van der Waals surface area contributed by atoms with Crippen molar-refractivity contribution in [3.8, 4) is 11.4 Å². The molecule has 0 saturated heterocycles. The quantitative estimate of drug-likeness (QED) is 0.891. The van der Waals surface area contributed by atoms with Crippen LogP contribution in [0.4, 0.5) is 19.2 Å². The molecule has 1 aromatic heterocycles. The van der Waals surface area contributed by atoms with Crippen molar-refractivity contribution in [2.75, 3.05) is 11.9 Å². The first-order chi connectivity index (χ1) is 9.41. The Balaban J connectivity index is 2.39. The number of halogens is 4. The lowest BCUT2D eigenvalue weighted by molar-refractivity contribution is -0.137. The third kappa shape index (κ3) is 3.30. The summed E-state index contributed by atoms with van der Waals surface area (Å²) < 4.78 is 44.2. The second-order valence-corrected chi connectivity index (χ2v) is 4.95. The van der Waals surface area contributed by atoms with Crippen molar-refractivity contribution >= 4 is 21.9 Å². The lowest BCUT2D eigenvalue weighted by Gasteiger charge is -2.10. The standard InChI is InChI=1S/C12H11BrF3N3O/c1-2-5-17-11-18-10(19-20-11)8-4-3-7(13)6-9(8)12(14,15)16/h3-4,6H,2,5H2,1H3,(H,17,18,19). The fourth-order valence-electron chi connectivity index (χ4n) is 1.58. The average Bonchev–Trinajstić information content (AvgIpc) is 2.84. The Kier molecular flexibility index (Phi) is 4.32. The van der Waals surface area contributed by atoms with E-state index in [0.717, 1.165) is 12.5 Å². The highest BCUT2D eigenvalue weighted by atomic mass is 79.9. The molecule has 108 valence electrons. The lowest BCUT2D eigenvalue weighted by atomic mass is 10.1. The number of hydrogen-bond acceptors (Lipinski definition) is 4. The second-order valence-electron chi connectivity index (χ2n) is 4.04. The summed E-state index contributed by atoms with van der Waals surface area (Å²) in [5.41, 5.74) is -0.927. The molecule has 1 aromatic carbocycles. The van der Waals surface area contributed by atoms with E-state index in [0.29, 0.717) is 11.0 Å². The monoisotopic (exact) mass is 349 g/mol. The molecule has 0 spiro atoms. The third-order valence-corrected chi connectivity index (χ3v) is 2.97. The van der Waals surface area contributed by atoms with Crippen LogP contribution < -0.4 is 5.32 Å². The first-order valence-corrected chi connectivity index (χ1v) is 6.66. The molecule has 20 heavy (non-hydrogen) atoms. The van der Waals surface area contributed by atoms with Crippen LogP contribution in [0.3, 0.4) is 0 Å². The van der Waals surface area contributed by atoms with Crippen molar-refractivity contribution in [3.63, 3.8) is 0 Å². The zero-order chi connectivity index (χ0) is 14.8. The highest BCUT2D eigenvalue weighted by Crippen LogP contribution is 2.37. The zero-order valence-electron chi connectivity index (χ0n) is 10.5. The number of benzene rings is 1. The normalized spacial score (nSPS) is 11.7. The van der Waals surface area contributed by atoms with Crippen LogP contribution in [-0.2, 0) is 6.18 Å². The van der Waals surface area contributed by atoms with Crippen molar-refractivity contribution in [1.82, 2.24) is 10.1 Å². The van der Waals surface area contributed by atoms with Gasteiger partial charge in [0.25, 0.3) is 0 Å². The van der Waals surface area contributed by atoms with Crippen molar-refractivity contribution in [2.45, 2.75) is 19.5 Å². The number of aromatic nitrogens is 2. The van der Waals surface area contributed by atoms with Gasteiger partial charge in [0.15, 0.2) is 0 Å². The van der Waals surface area contributed by atoms with Gasteiger partial charge >= 0.3 is 12.2 Å². The molecule has 4 nitrogen and oxygen atoms in total. The summed E-state index contributed by atoms with van der Waals surface area (Å²) in [6, 6.07) is 3.91. The first-order valence-electron chi connectivity index (χ1n) is 5.86. The Morgan fingerprint density at radius 3 is 2.75 bits per heavy atom. The predicted octanol–water partition coefficient (Wildman–Crippen LogP) is 4.34. The summed E-state index contributed by atoms with van der Waals surface area (Å²) >= 11 is 3.02. The molecule has 1 N–H and O–H groups in total. The molecule has 0 aliphatic carbocycles. The number of nitrogens with zero attached hydrogens (tertiary/aromatic N) is 2. The van der Waals surface area contributed by atoms with E-state index in [-0.39, 0.29) is 17.4 Å². The van der Waals surface area contributed by atoms with Gasteiger partial charge in [0.1, 0.15) is 0 Å². The summed E-state index contributed by atoms with van der Waals surface area (Å²) in [5.74, 6) is -0.0940. The van der Waals surface area contributed by atoms with Gasteiger partial charge in [-0.2, -0.15) is 18.2 Å². The lowest BCUT2D eigenvalue weighted by Crippen LogP contribution is -2.07. The minimum Gasteiger partial charge on any atom is -0.338 e. The molecule has 0 aliphatic heterocycles. The fraction of sp³-hybridized carbons (Fsp3) is 0.333. The molecule has 8 heteroatoms. The van der Waals surface area contributed by atoms with E-state index < -0.39 is 11.7 Å². The molecule has 0 saturated carbocycles. The van der Waals surface area contributed by atoms with Crippen LogP contribution in [0.25, 0.3) is 11.4 Å². The van der Waals surface area contributed by atoms with Gasteiger partial charge in [-0.25, -0.2) is 0 Å². The van der Waals surface area contributed by atoms with E-state index in [9.17, 15) is 13.2 Å². The molecule has 0 aliphatic rings. The van der Waals surface area contributed by atoms with Crippen LogP contribution in [0.2, 0.25) is 0 Å².